The van der Waals surface area contributed by atoms with Gasteiger partial charge in [-0.2, -0.15) is 0 Å². The summed E-state index contributed by atoms with van der Waals surface area (Å²) < 4.78 is 1.99. The van der Waals surface area contributed by atoms with Crippen molar-refractivity contribution in [2.75, 3.05) is 27.2 Å². The first kappa shape index (κ1) is 21.8. The van der Waals surface area contributed by atoms with Crippen LogP contribution in [0.3, 0.4) is 0 Å². The Morgan fingerprint density at radius 3 is 2.41 bits per heavy atom. The lowest BCUT2D eigenvalue weighted by molar-refractivity contribution is -0.140. The molecule has 1 atom stereocenters. The first-order valence-electron chi connectivity index (χ1n) is 10.9. The van der Waals surface area contributed by atoms with Crippen LogP contribution in [0.25, 0.3) is 16.7 Å². The van der Waals surface area contributed by atoms with Crippen molar-refractivity contribution in [2.24, 2.45) is 7.05 Å². The molecule has 1 aliphatic heterocycles. The minimum absolute atomic E-state index is 0.128. The number of aliphatic hydroxyl groups is 1. The molecule has 6 nitrogen and oxygen atoms in total. The van der Waals surface area contributed by atoms with Crippen LogP contribution in [-0.4, -0.2) is 58.3 Å². The standard InChI is InChI=1S/C26H29N3O3/c1-5-17-10-12-18(13-11-17)24(30)22-23(29(15-14-27(2)3)26(32)25(22)31)20-16-28(4)21-9-7-6-8-19(20)21/h6-13,16,23,30H,5,14-15H2,1-4H3/b24-22+. The lowest BCUT2D eigenvalue weighted by atomic mass is 9.94. The molecule has 166 valence electrons. The van der Waals surface area contributed by atoms with Crippen LogP contribution in [-0.2, 0) is 23.1 Å². The number of ketones is 1. The second-order valence-corrected chi connectivity index (χ2v) is 8.56. The van der Waals surface area contributed by atoms with Crippen molar-refractivity contribution in [3.05, 3.63) is 77.0 Å². The van der Waals surface area contributed by atoms with Gasteiger partial charge in [0, 0.05) is 48.4 Å². The highest BCUT2D eigenvalue weighted by atomic mass is 16.3. The van der Waals surface area contributed by atoms with Crippen LogP contribution in [0.15, 0.2) is 60.3 Å². The number of para-hydroxylation sites is 1. The summed E-state index contributed by atoms with van der Waals surface area (Å²) >= 11 is 0. The average Bonchev–Trinajstić information content (AvgIpc) is 3.25. The zero-order valence-corrected chi connectivity index (χ0v) is 19.0. The summed E-state index contributed by atoms with van der Waals surface area (Å²) in [7, 11) is 5.80. The first-order chi connectivity index (χ1) is 15.3. The molecule has 3 aromatic rings. The van der Waals surface area contributed by atoms with E-state index >= 15 is 0 Å². The number of likely N-dealkylation sites (N-methyl/N-ethyl adjacent to an activating group) is 1. The number of Topliss-reactive ketones (excluding diaryl/α,β-unsaturated/α-hetero) is 1. The molecule has 32 heavy (non-hydrogen) atoms. The minimum Gasteiger partial charge on any atom is -0.507 e. The van der Waals surface area contributed by atoms with Crippen molar-refractivity contribution < 1.29 is 14.7 Å². The Balaban J connectivity index is 1.91. The molecule has 1 aliphatic rings. The molecule has 0 radical (unpaired) electrons. The number of likely N-dealkylation sites (tertiary alicyclic amines) is 1. The van der Waals surface area contributed by atoms with Crippen molar-refractivity contribution in [3.8, 4) is 0 Å². The maximum absolute atomic E-state index is 13.2. The molecule has 1 N–H and O–H groups in total. The second-order valence-electron chi connectivity index (χ2n) is 8.56. The highest BCUT2D eigenvalue weighted by molar-refractivity contribution is 6.46. The molecule has 2 heterocycles. The number of benzene rings is 2. The Morgan fingerprint density at radius 2 is 1.75 bits per heavy atom. The Labute approximate surface area is 188 Å². The van der Waals surface area contributed by atoms with Crippen LogP contribution in [0, 0.1) is 0 Å². The number of aliphatic hydroxyl groups excluding tert-OH is 1. The topological polar surface area (TPSA) is 65.8 Å². The number of rotatable bonds is 6. The van der Waals surface area contributed by atoms with Gasteiger partial charge in [-0.05, 0) is 32.1 Å². The van der Waals surface area contributed by atoms with E-state index in [4.69, 9.17) is 0 Å². The second kappa shape index (κ2) is 8.63. The fourth-order valence-corrected chi connectivity index (χ4v) is 4.39. The number of nitrogens with zero attached hydrogens (tertiary/aromatic N) is 3. The molecule has 1 saturated heterocycles. The van der Waals surface area contributed by atoms with Crippen molar-refractivity contribution in [1.82, 2.24) is 14.4 Å². The van der Waals surface area contributed by atoms with Crippen LogP contribution in [0.1, 0.15) is 29.7 Å². The van der Waals surface area contributed by atoms with Gasteiger partial charge in [-0.1, -0.05) is 49.4 Å². The summed E-state index contributed by atoms with van der Waals surface area (Å²) in [4.78, 5) is 29.9. The van der Waals surface area contributed by atoms with Crippen LogP contribution in [0.2, 0.25) is 0 Å². The number of carbonyl (C=O) groups excluding carboxylic acids is 2. The fourth-order valence-electron chi connectivity index (χ4n) is 4.39. The van der Waals surface area contributed by atoms with Gasteiger partial charge in [0.2, 0.25) is 0 Å². The Hall–Kier alpha value is -3.38. The highest BCUT2D eigenvalue weighted by Gasteiger charge is 2.46. The normalized spacial score (nSPS) is 18.3. The molecular formula is C26H29N3O3. The third-order valence-electron chi connectivity index (χ3n) is 6.19. The number of fused-ring (bicyclic) bond motifs is 1. The maximum atomic E-state index is 13.2. The third-order valence-corrected chi connectivity index (χ3v) is 6.19. The monoisotopic (exact) mass is 431 g/mol. The van der Waals surface area contributed by atoms with E-state index in [0.29, 0.717) is 18.7 Å². The predicted molar refractivity (Wildman–Crippen MR) is 126 cm³/mol. The number of amides is 1. The van der Waals surface area contributed by atoms with Gasteiger partial charge in [-0.3, -0.25) is 9.59 Å². The van der Waals surface area contributed by atoms with E-state index < -0.39 is 17.7 Å². The van der Waals surface area contributed by atoms with Crippen LogP contribution in [0.5, 0.6) is 0 Å². The van der Waals surface area contributed by atoms with E-state index in [1.807, 2.05) is 85.3 Å². The third kappa shape index (κ3) is 3.71. The van der Waals surface area contributed by atoms with Crippen LogP contribution < -0.4 is 0 Å². The quantitative estimate of drug-likeness (QED) is 0.367. The minimum atomic E-state index is -0.646. The molecule has 4 rings (SSSR count). The molecule has 1 unspecified atom stereocenters. The molecule has 1 aromatic heterocycles. The lowest BCUT2D eigenvalue weighted by Crippen LogP contribution is -2.35. The lowest BCUT2D eigenvalue weighted by Gasteiger charge is -2.26. The van der Waals surface area contributed by atoms with E-state index in [9.17, 15) is 14.7 Å². The molecule has 1 amide bonds. The van der Waals surface area contributed by atoms with E-state index in [-0.39, 0.29) is 11.3 Å². The summed E-state index contributed by atoms with van der Waals surface area (Å²) in [5.41, 5.74) is 3.67. The van der Waals surface area contributed by atoms with Gasteiger partial charge < -0.3 is 19.5 Å². The van der Waals surface area contributed by atoms with Crippen molar-refractivity contribution in [2.45, 2.75) is 19.4 Å². The molecular weight excluding hydrogens is 402 g/mol. The number of carbonyl (C=O) groups is 2. The summed E-state index contributed by atoms with van der Waals surface area (Å²) in [6, 6.07) is 14.7. The smallest absolute Gasteiger partial charge is 0.295 e. The number of hydrogen-bond acceptors (Lipinski definition) is 4. The van der Waals surface area contributed by atoms with Crippen LogP contribution in [0.4, 0.5) is 0 Å². The van der Waals surface area contributed by atoms with Gasteiger partial charge >= 0.3 is 0 Å². The fraction of sp³-hybridized carbons (Fsp3) is 0.308. The van der Waals surface area contributed by atoms with Crippen molar-refractivity contribution >= 4 is 28.4 Å². The SMILES string of the molecule is CCc1ccc(/C(O)=C2\C(=O)C(=O)N(CCN(C)C)C2c2cn(C)c3ccccc23)cc1. The summed E-state index contributed by atoms with van der Waals surface area (Å²) in [5, 5.41) is 12.2. The van der Waals surface area contributed by atoms with Gasteiger partial charge in [-0.25, -0.2) is 0 Å². The molecule has 0 bridgehead atoms. The van der Waals surface area contributed by atoms with Gasteiger partial charge in [0.25, 0.3) is 11.7 Å². The highest BCUT2D eigenvalue weighted by Crippen LogP contribution is 2.42. The largest absolute Gasteiger partial charge is 0.507 e. The maximum Gasteiger partial charge on any atom is 0.295 e. The van der Waals surface area contributed by atoms with E-state index in [1.165, 1.54) is 0 Å². The van der Waals surface area contributed by atoms with Gasteiger partial charge in [-0.15, -0.1) is 0 Å². The zero-order chi connectivity index (χ0) is 23.0. The molecule has 0 aliphatic carbocycles. The van der Waals surface area contributed by atoms with E-state index in [1.54, 1.807) is 4.90 Å². The molecule has 6 heteroatoms. The van der Waals surface area contributed by atoms with Gasteiger partial charge in [0.1, 0.15) is 5.76 Å². The molecule has 1 fully saturated rings. The Bertz CT molecular complexity index is 1200. The zero-order valence-electron chi connectivity index (χ0n) is 19.0. The Morgan fingerprint density at radius 1 is 1.06 bits per heavy atom. The average molecular weight is 432 g/mol. The molecule has 0 spiro atoms. The van der Waals surface area contributed by atoms with Crippen molar-refractivity contribution in [3.63, 3.8) is 0 Å². The summed E-state index contributed by atoms with van der Waals surface area (Å²) in [5.74, 6) is -1.34. The predicted octanol–water partition coefficient (Wildman–Crippen LogP) is 3.72. The van der Waals surface area contributed by atoms with Gasteiger partial charge in [0.15, 0.2) is 0 Å². The molecule has 2 aromatic carbocycles. The number of aryl methyl sites for hydroxylation is 2. The van der Waals surface area contributed by atoms with E-state index in [0.717, 1.165) is 28.5 Å². The van der Waals surface area contributed by atoms with Gasteiger partial charge in [0.05, 0.1) is 11.6 Å². The number of hydrogen-bond donors (Lipinski definition) is 1. The van der Waals surface area contributed by atoms with Crippen molar-refractivity contribution in [1.29, 1.82) is 0 Å². The summed E-state index contributed by atoms with van der Waals surface area (Å²) in [6.45, 7) is 3.06. The molecule has 0 saturated carbocycles. The van der Waals surface area contributed by atoms with Crippen LogP contribution >= 0.6 is 0 Å². The summed E-state index contributed by atoms with van der Waals surface area (Å²) in [6.07, 6.45) is 2.84. The number of aromatic nitrogens is 1. The van der Waals surface area contributed by atoms with E-state index in [2.05, 4.69) is 6.92 Å². The first-order valence-corrected chi connectivity index (χ1v) is 10.9. The Kier molecular flexibility index (Phi) is 5.89.